The topological polar surface area (TPSA) is 74.3 Å². The number of carboxylic acids is 1. The van der Waals surface area contributed by atoms with Crippen molar-refractivity contribution >= 4 is 5.97 Å². The number of carbonyl (C=O) groups is 1. The number of methoxy groups -OCH3 is 1. The largest absolute Gasteiger partial charge is 1.00 e. The maximum atomic E-state index is 12.7. The van der Waals surface area contributed by atoms with E-state index in [1.54, 1.807) is 7.11 Å². The fraction of sp³-hybridized carbons (Fsp3) is 0.517. The van der Waals surface area contributed by atoms with Gasteiger partial charge in [0.25, 0.3) is 0 Å². The van der Waals surface area contributed by atoms with Crippen molar-refractivity contribution in [3.63, 3.8) is 0 Å². The predicted octanol–water partition coefficient (Wildman–Crippen LogP) is 0.874. The Balaban J connectivity index is 0.00000380. The van der Waals surface area contributed by atoms with Gasteiger partial charge in [0.2, 0.25) is 6.79 Å². The minimum Gasteiger partial charge on any atom is -0.550 e. The molecule has 2 aromatic rings. The molecule has 0 spiro atoms. The zero-order valence-electron chi connectivity index (χ0n) is 22.5. The number of nitrogens with zero attached hydrogens (tertiary/aromatic N) is 2. The van der Waals surface area contributed by atoms with Crippen LogP contribution < -0.4 is 48.9 Å². The molecule has 2 aliphatic rings. The summed E-state index contributed by atoms with van der Waals surface area (Å²) in [6.07, 6.45) is 3.79. The number of unbranched alkanes of at least 4 members (excludes halogenated alkanes) is 2. The van der Waals surface area contributed by atoms with Gasteiger partial charge in [0.1, 0.15) is 5.75 Å². The van der Waals surface area contributed by atoms with Gasteiger partial charge in [-0.3, -0.25) is 9.80 Å². The Morgan fingerprint density at radius 3 is 2.30 bits per heavy atom. The molecule has 2 heterocycles. The van der Waals surface area contributed by atoms with E-state index in [1.807, 2.05) is 42.5 Å². The van der Waals surface area contributed by atoms with Gasteiger partial charge < -0.3 is 24.1 Å². The van der Waals surface area contributed by atoms with E-state index in [4.69, 9.17) is 21.1 Å². The number of aliphatic carboxylic acids is 1. The van der Waals surface area contributed by atoms with Crippen molar-refractivity contribution in [1.82, 2.24) is 9.80 Å². The Labute approximate surface area is 243 Å². The van der Waals surface area contributed by atoms with Crippen molar-refractivity contribution in [1.29, 1.82) is 0 Å². The van der Waals surface area contributed by atoms with Crippen molar-refractivity contribution in [2.45, 2.75) is 57.7 Å². The summed E-state index contributed by atoms with van der Waals surface area (Å²) in [6, 6.07) is 12.8. The molecule has 2 aromatic carbocycles. The van der Waals surface area contributed by atoms with Gasteiger partial charge in [-0.25, -0.2) is 0 Å². The van der Waals surface area contributed by atoms with Crippen LogP contribution in [0.25, 0.3) is 0 Å². The maximum absolute atomic E-state index is 12.7. The number of fused-ring (bicyclic) bond motifs is 1. The first kappa shape index (κ1) is 29.8. The number of rotatable bonds is 12. The molecule has 1 unspecified atom stereocenters. The summed E-state index contributed by atoms with van der Waals surface area (Å²) in [5.41, 5.74) is 1.77. The van der Waals surface area contributed by atoms with Crippen molar-refractivity contribution in [2.75, 3.05) is 33.5 Å². The molecule has 0 amide bonds. The normalized spacial score (nSPS) is 21.6. The van der Waals surface area contributed by atoms with E-state index in [0.717, 1.165) is 55.6 Å². The Bertz CT molecular complexity index is 1010. The van der Waals surface area contributed by atoms with Crippen LogP contribution in [0.4, 0.5) is 0 Å². The summed E-state index contributed by atoms with van der Waals surface area (Å²) in [6.45, 7) is 13.7. The van der Waals surface area contributed by atoms with Gasteiger partial charge in [-0.2, -0.15) is 0 Å². The summed E-state index contributed by atoms with van der Waals surface area (Å²) in [4.78, 5) is 17.2. The third-order valence-corrected chi connectivity index (χ3v) is 7.40. The molecular weight excluding hydrogens is 479 g/mol. The Kier molecular flexibility index (Phi) is 11.2. The number of hydrogen-bond acceptors (Lipinski definition) is 7. The molecule has 2 radical (unpaired) electrons. The van der Waals surface area contributed by atoms with Crippen LogP contribution in [0, 0.1) is 12.8 Å². The summed E-state index contributed by atoms with van der Waals surface area (Å²) in [7, 11) is 1.62. The van der Waals surface area contributed by atoms with Crippen LogP contribution in [0.1, 0.15) is 62.6 Å². The molecule has 37 heavy (non-hydrogen) atoms. The third-order valence-electron chi connectivity index (χ3n) is 7.40. The fourth-order valence-corrected chi connectivity index (χ4v) is 5.41. The summed E-state index contributed by atoms with van der Waals surface area (Å²) < 4.78 is 16.4. The standard InChI is InChI=1S/C29H38N2O5.Na/c1-5-7-15-30(16-8-6-2)20(3)31-18-24(22-11-14-25-26(17-22)36-19-35-25)27(29(32)33)28(31)21-9-12-23(34-4)13-10-21;/h3,9-14,17,20,24,27-28H,5-8,15-16,18-19H2,1-2,4H3,(H,32,33);/q;+1/p-1/t20?,24-,27+,28-;/m1./s1. The van der Waals surface area contributed by atoms with E-state index in [2.05, 4.69) is 23.6 Å². The SMILES string of the molecule is [CH]C(N(CCCC)CCCC)N1C[C@H](c2ccc3c(c2)OCO3)[C@H](C(=O)[O-])[C@H]1c1ccc(OC)cc1.[Na+]. The average Bonchev–Trinajstić information content (AvgIpc) is 3.53. The molecule has 0 saturated carbocycles. The quantitative estimate of drug-likeness (QED) is 0.388. The first-order valence-electron chi connectivity index (χ1n) is 13.0. The van der Waals surface area contributed by atoms with Crippen molar-refractivity contribution < 1.29 is 53.7 Å². The number of carbonyl (C=O) groups excluding carboxylic acids is 1. The molecular formula is C29H37N2NaO5. The van der Waals surface area contributed by atoms with Gasteiger partial charge in [-0.05, 0) is 68.2 Å². The number of ether oxygens (including phenoxy) is 3. The van der Waals surface area contributed by atoms with E-state index in [-0.39, 0.29) is 42.3 Å². The second kappa shape index (κ2) is 13.9. The molecule has 4 rings (SSSR count). The maximum Gasteiger partial charge on any atom is 1.00 e. The van der Waals surface area contributed by atoms with Gasteiger partial charge >= 0.3 is 29.6 Å². The Morgan fingerprint density at radius 1 is 1.08 bits per heavy atom. The third kappa shape index (κ3) is 6.63. The molecule has 0 aliphatic carbocycles. The van der Waals surface area contributed by atoms with Crippen LogP contribution in [0.3, 0.4) is 0 Å². The second-order valence-electron chi connectivity index (χ2n) is 9.64. The van der Waals surface area contributed by atoms with Crippen molar-refractivity contribution in [3.8, 4) is 17.2 Å². The molecule has 8 heteroatoms. The van der Waals surface area contributed by atoms with Crippen LogP contribution in [-0.2, 0) is 4.79 Å². The fourth-order valence-electron chi connectivity index (χ4n) is 5.41. The van der Waals surface area contributed by atoms with Crippen molar-refractivity contribution in [3.05, 3.63) is 60.5 Å². The van der Waals surface area contributed by atoms with Gasteiger partial charge in [0.15, 0.2) is 11.5 Å². The molecule has 7 nitrogen and oxygen atoms in total. The van der Waals surface area contributed by atoms with Crippen LogP contribution in [0.15, 0.2) is 42.5 Å². The monoisotopic (exact) mass is 516 g/mol. The van der Waals surface area contributed by atoms with E-state index in [9.17, 15) is 9.90 Å². The van der Waals surface area contributed by atoms with E-state index in [1.165, 1.54) is 0 Å². The number of hydrogen-bond donors (Lipinski definition) is 0. The molecule has 0 bridgehead atoms. The van der Waals surface area contributed by atoms with Crippen LogP contribution in [0.2, 0.25) is 0 Å². The molecule has 2 aliphatic heterocycles. The summed E-state index contributed by atoms with van der Waals surface area (Å²) >= 11 is 0. The zero-order valence-corrected chi connectivity index (χ0v) is 24.5. The summed E-state index contributed by atoms with van der Waals surface area (Å²) in [5, 5.41) is 12.7. The molecule has 1 saturated heterocycles. The van der Waals surface area contributed by atoms with Crippen LogP contribution >= 0.6 is 0 Å². The van der Waals surface area contributed by atoms with E-state index >= 15 is 0 Å². The van der Waals surface area contributed by atoms with Gasteiger partial charge in [-0.1, -0.05) is 44.9 Å². The minimum absolute atomic E-state index is 0. The van der Waals surface area contributed by atoms with Crippen molar-refractivity contribution in [2.24, 2.45) is 5.92 Å². The van der Waals surface area contributed by atoms with E-state index < -0.39 is 24.1 Å². The zero-order chi connectivity index (χ0) is 25.7. The van der Waals surface area contributed by atoms with Crippen LogP contribution in [-0.4, -0.2) is 55.5 Å². The smallest absolute Gasteiger partial charge is 0.550 e. The molecule has 194 valence electrons. The first-order chi connectivity index (χ1) is 17.5. The minimum atomic E-state index is -1.08. The summed E-state index contributed by atoms with van der Waals surface area (Å²) in [5.74, 6) is -0.154. The molecule has 1 fully saturated rings. The average molecular weight is 517 g/mol. The van der Waals surface area contributed by atoms with E-state index in [0.29, 0.717) is 18.0 Å². The van der Waals surface area contributed by atoms with Crippen LogP contribution in [0.5, 0.6) is 17.2 Å². The van der Waals surface area contributed by atoms with Gasteiger partial charge in [-0.15, -0.1) is 0 Å². The molecule has 4 atom stereocenters. The Morgan fingerprint density at radius 2 is 1.70 bits per heavy atom. The molecule has 0 aromatic heterocycles. The Hall–Kier alpha value is -1.77. The number of benzene rings is 2. The number of likely N-dealkylation sites (tertiary alicyclic amines) is 1. The van der Waals surface area contributed by atoms with Gasteiger partial charge in [0.05, 0.1) is 13.3 Å². The second-order valence-corrected chi connectivity index (χ2v) is 9.64. The van der Waals surface area contributed by atoms with Gasteiger partial charge in [0, 0.05) is 30.4 Å². The number of carboxylic acid groups (broad SMARTS) is 1. The first-order valence-corrected chi connectivity index (χ1v) is 13.0. The molecule has 0 N–H and O–H groups in total. The predicted molar refractivity (Wildman–Crippen MR) is 136 cm³/mol.